The van der Waals surface area contributed by atoms with E-state index in [0.29, 0.717) is 0 Å². The van der Waals surface area contributed by atoms with Gasteiger partial charge in [-0.3, -0.25) is 0 Å². The molecule has 118 valence electrons. The molecule has 0 unspecified atom stereocenters. The highest BCUT2D eigenvalue weighted by Gasteiger charge is 2.06. The molecule has 0 heterocycles. The van der Waals surface area contributed by atoms with Crippen molar-refractivity contribution < 1.29 is 0 Å². The highest BCUT2D eigenvalue weighted by atomic mass is 14.1. The molecule has 0 aliphatic rings. The van der Waals surface area contributed by atoms with Crippen LogP contribution >= 0.6 is 0 Å². The number of allylic oxidation sites excluding steroid dienone is 2. The molecule has 2 aromatic carbocycles. The Morgan fingerprint density at radius 2 is 1.18 bits per heavy atom. The van der Waals surface area contributed by atoms with Crippen LogP contribution in [0.15, 0.2) is 67.8 Å². The molecule has 0 saturated carbocycles. The molecule has 0 radical (unpaired) electrons. The van der Waals surface area contributed by atoms with Gasteiger partial charge >= 0.3 is 0 Å². The zero-order valence-corrected chi connectivity index (χ0v) is 14.8. The van der Waals surface area contributed by atoms with E-state index < -0.39 is 0 Å². The Morgan fingerprint density at radius 1 is 0.727 bits per heavy atom. The predicted molar refractivity (Wildman–Crippen MR) is 103 cm³/mol. The van der Waals surface area contributed by atoms with E-state index in [9.17, 15) is 0 Å². The largest absolute Gasteiger partial charge is 0.0955 e. The van der Waals surface area contributed by atoms with Gasteiger partial charge in [0, 0.05) is 0 Å². The van der Waals surface area contributed by atoms with E-state index in [0.717, 1.165) is 17.6 Å². The van der Waals surface area contributed by atoms with E-state index >= 15 is 0 Å². The lowest BCUT2D eigenvalue weighted by Crippen LogP contribution is -1.93. The Bertz CT molecular complexity index is 562. The SMILES string of the molecule is C=C(C)c1ccccc1C(=C)Cc1ccccc1.CC.CC. The first-order valence-electron chi connectivity index (χ1n) is 8.15. The van der Waals surface area contributed by atoms with Gasteiger partial charge in [-0.25, -0.2) is 0 Å². The fourth-order valence-corrected chi connectivity index (χ4v) is 2.10. The molecule has 0 aromatic heterocycles. The monoisotopic (exact) mass is 294 g/mol. The standard InChI is InChI=1S/C18H18.2C2H6/c1-14(2)17-11-7-8-12-18(17)15(3)13-16-9-5-4-6-10-16;2*1-2/h4-12H,1,3,13H2,2H3;2*1-2H3. The molecule has 22 heavy (non-hydrogen) atoms. The van der Waals surface area contributed by atoms with E-state index in [1.807, 2.05) is 46.8 Å². The van der Waals surface area contributed by atoms with Crippen LogP contribution in [0.1, 0.15) is 51.3 Å². The molecule has 0 fully saturated rings. The fraction of sp³-hybridized carbons (Fsp3) is 0.273. The van der Waals surface area contributed by atoms with E-state index in [4.69, 9.17) is 0 Å². The van der Waals surface area contributed by atoms with E-state index in [-0.39, 0.29) is 0 Å². The first-order valence-corrected chi connectivity index (χ1v) is 8.15. The van der Waals surface area contributed by atoms with Gasteiger partial charge in [0.05, 0.1) is 0 Å². The molecule has 0 bridgehead atoms. The maximum absolute atomic E-state index is 4.22. The molecule has 0 spiro atoms. The third kappa shape index (κ3) is 6.13. The van der Waals surface area contributed by atoms with Crippen molar-refractivity contribution in [3.05, 3.63) is 84.4 Å². The molecular formula is C22H30. The second-order valence-electron chi connectivity index (χ2n) is 4.59. The quantitative estimate of drug-likeness (QED) is 0.568. The van der Waals surface area contributed by atoms with Crippen molar-refractivity contribution in [2.45, 2.75) is 41.0 Å². The summed E-state index contributed by atoms with van der Waals surface area (Å²) in [5.74, 6) is 0. The van der Waals surface area contributed by atoms with Crippen LogP contribution in [0.25, 0.3) is 11.1 Å². The van der Waals surface area contributed by atoms with Gasteiger partial charge in [-0.2, -0.15) is 0 Å². The summed E-state index contributed by atoms with van der Waals surface area (Å²) < 4.78 is 0. The Balaban J connectivity index is 0.00000102. The van der Waals surface area contributed by atoms with Gasteiger partial charge in [0.1, 0.15) is 0 Å². The summed E-state index contributed by atoms with van der Waals surface area (Å²) in [5, 5.41) is 0. The average Bonchev–Trinajstić information content (AvgIpc) is 2.59. The highest BCUT2D eigenvalue weighted by molar-refractivity contribution is 5.78. The Labute approximate surface area is 137 Å². The number of benzene rings is 2. The summed E-state index contributed by atoms with van der Waals surface area (Å²) in [6.07, 6.45) is 0.880. The zero-order chi connectivity index (χ0) is 17.0. The Kier molecular flexibility index (Phi) is 10.5. The van der Waals surface area contributed by atoms with Crippen molar-refractivity contribution in [2.75, 3.05) is 0 Å². The summed E-state index contributed by atoms with van der Waals surface area (Å²) >= 11 is 0. The van der Waals surface area contributed by atoms with Crippen molar-refractivity contribution in [1.82, 2.24) is 0 Å². The van der Waals surface area contributed by atoms with Crippen molar-refractivity contribution in [1.29, 1.82) is 0 Å². The first-order chi connectivity index (χ1) is 10.7. The fourth-order valence-electron chi connectivity index (χ4n) is 2.10. The summed E-state index contributed by atoms with van der Waals surface area (Å²) in [7, 11) is 0. The molecule has 0 N–H and O–H groups in total. The number of rotatable bonds is 4. The van der Waals surface area contributed by atoms with Crippen molar-refractivity contribution in [2.24, 2.45) is 0 Å². The summed E-state index contributed by atoms with van der Waals surface area (Å²) in [5.41, 5.74) is 5.91. The van der Waals surface area contributed by atoms with Gasteiger partial charge < -0.3 is 0 Å². The van der Waals surface area contributed by atoms with Gasteiger partial charge in [0.2, 0.25) is 0 Å². The number of hydrogen-bond acceptors (Lipinski definition) is 0. The van der Waals surface area contributed by atoms with Gasteiger partial charge in [-0.1, -0.05) is 101 Å². The molecule has 2 rings (SSSR count). The molecule has 0 nitrogen and oxygen atoms in total. The zero-order valence-electron chi connectivity index (χ0n) is 14.8. The first kappa shape index (κ1) is 19.9. The van der Waals surface area contributed by atoms with Crippen LogP contribution in [0, 0.1) is 0 Å². The van der Waals surface area contributed by atoms with Crippen molar-refractivity contribution in [3.63, 3.8) is 0 Å². The van der Waals surface area contributed by atoms with Crippen LogP contribution in [-0.4, -0.2) is 0 Å². The summed E-state index contributed by atoms with van der Waals surface area (Å²) in [6.45, 7) is 18.3. The van der Waals surface area contributed by atoms with Gasteiger partial charge in [-0.15, -0.1) is 0 Å². The average molecular weight is 294 g/mol. The van der Waals surface area contributed by atoms with Crippen LogP contribution in [0.2, 0.25) is 0 Å². The Hall–Kier alpha value is -2.08. The third-order valence-corrected chi connectivity index (χ3v) is 3.03. The number of hydrogen-bond donors (Lipinski definition) is 0. The topological polar surface area (TPSA) is 0 Å². The van der Waals surface area contributed by atoms with Crippen LogP contribution in [0.5, 0.6) is 0 Å². The lowest BCUT2D eigenvalue weighted by Gasteiger charge is -2.12. The lowest BCUT2D eigenvalue weighted by molar-refractivity contribution is 1.28. The smallest absolute Gasteiger partial charge is 0.00255 e. The molecule has 0 heteroatoms. The second-order valence-corrected chi connectivity index (χ2v) is 4.59. The molecule has 0 aliphatic carbocycles. The summed E-state index contributed by atoms with van der Waals surface area (Å²) in [4.78, 5) is 0. The molecule has 0 saturated heterocycles. The second kappa shape index (κ2) is 11.6. The minimum Gasteiger partial charge on any atom is -0.0955 e. The van der Waals surface area contributed by atoms with Gasteiger partial charge in [0.25, 0.3) is 0 Å². The predicted octanol–water partition coefficient (Wildman–Crippen LogP) is 7.03. The van der Waals surface area contributed by atoms with Crippen LogP contribution in [0.4, 0.5) is 0 Å². The molecule has 0 aliphatic heterocycles. The minimum absolute atomic E-state index is 0.880. The molecular weight excluding hydrogens is 264 g/mol. The van der Waals surface area contributed by atoms with Crippen molar-refractivity contribution in [3.8, 4) is 0 Å². The Morgan fingerprint density at radius 3 is 1.68 bits per heavy atom. The normalized spacial score (nSPS) is 8.77. The van der Waals surface area contributed by atoms with Crippen LogP contribution < -0.4 is 0 Å². The summed E-state index contributed by atoms with van der Waals surface area (Å²) in [6, 6.07) is 18.8. The maximum atomic E-state index is 4.22. The molecule has 0 amide bonds. The van der Waals surface area contributed by atoms with E-state index in [1.165, 1.54) is 16.7 Å². The molecule has 2 aromatic rings. The lowest BCUT2D eigenvalue weighted by atomic mass is 9.93. The van der Waals surface area contributed by atoms with Gasteiger partial charge in [0.15, 0.2) is 0 Å². The van der Waals surface area contributed by atoms with Crippen LogP contribution in [-0.2, 0) is 6.42 Å². The molecule has 0 atom stereocenters. The van der Waals surface area contributed by atoms with Crippen molar-refractivity contribution >= 4 is 11.1 Å². The van der Waals surface area contributed by atoms with Gasteiger partial charge in [-0.05, 0) is 35.6 Å². The minimum atomic E-state index is 0.880. The van der Waals surface area contributed by atoms with E-state index in [1.54, 1.807) is 0 Å². The van der Waals surface area contributed by atoms with Crippen LogP contribution in [0.3, 0.4) is 0 Å². The third-order valence-electron chi connectivity index (χ3n) is 3.03. The van der Waals surface area contributed by atoms with E-state index in [2.05, 4.69) is 55.6 Å². The highest BCUT2D eigenvalue weighted by Crippen LogP contribution is 2.25. The maximum Gasteiger partial charge on any atom is -0.00255 e.